The number of rotatable bonds is 5. The lowest BCUT2D eigenvalue weighted by Gasteiger charge is -2.16. The average molecular weight is 275 g/mol. The molecule has 19 heavy (non-hydrogen) atoms. The summed E-state index contributed by atoms with van der Waals surface area (Å²) in [5, 5.41) is 16.8. The smallest absolute Gasteiger partial charge is 0.0715 e. The van der Waals surface area contributed by atoms with Gasteiger partial charge in [0, 0.05) is 16.9 Å². The third-order valence-electron chi connectivity index (χ3n) is 4.07. The van der Waals surface area contributed by atoms with Crippen molar-refractivity contribution in [1.82, 2.24) is 0 Å². The van der Waals surface area contributed by atoms with E-state index in [0.29, 0.717) is 6.54 Å². The van der Waals surface area contributed by atoms with E-state index in [1.54, 1.807) is 11.3 Å². The van der Waals surface area contributed by atoms with E-state index in [1.165, 1.54) is 35.8 Å². The van der Waals surface area contributed by atoms with E-state index in [9.17, 15) is 5.11 Å². The van der Waals surface area contributed by atoms with E-state index >= 15 is 0 Å². The van der Waals surface area contributed by atoms with Gasteiger partial charge in [0.15, 0.2) is 0 Å². The van der Waals surface area contributed by atoms with Crippen LogP contribution < -0.4 is 5.32 Å². The van der Waals surface area contributed by atoms with E-state index in [-0.39, 0.29) is 6.10 Å². The maximum atomic E-state index is 10.1. The van der Waals surface area contributed by atoms with Crippen molar-refractivity contribution in [3.8, 4) is 0 Å². The Morgan fingerprint density at radius 3 is 2.95 bits per heavy atom. The Balaban J connectivity index is 1.52. The fourth-order valence-corrected chi connectivity index (χ4v) is 3.80. The summed E-state index contributed by atoms with van der Waals surface area (Å²) in [6, 6.07) is 8.54. The molecule has 1 fully saturated rings. The molecule has 2 N–H and O–H groups in total. The summed E-state index contributed by atoms with van der Waals surface area (Å²) >= 11 is 1.76. The molecule has 2 aromatic rings. The summed E-state index contributed by atoms with van der Waals surface area (Å²) in [7, 11) is 0. The second kappa shape index (κ2) is 5.93. The second-order valence-corrected chi connectivity index (χ2v) is 6.54. The van der Waals surface area contributed by atoms with Gasteiger partial charge in [0.05, 0.1) is 6.10 Å². The second-order valence-electron chi connectivity index (χ2n) is 5.59. The van der Waals surface area contributed by atoms with Crippen LogP contribution in [0.25, 0.3) is 10.1 Å². The zero-order valence-corrected chi connectivity index (χ0v) is 12.0. The van der Waals surface area contributed by atoms with E-state index in [2.05, 4.69) is 35.0 Å². The highest BCUT2D eigenvalue weighted by Gasteiger charge is 2.18. The van der Waals surface area contributed by atoms with Crippen LogP contribution in [0.15, 0.2) is 29.6 Å². The minimum Gasteiger partial charge on any atom is -0.391 e. The monoisotopic (exact) mass is 275 g/mol. The standard InChI is InChI=1S/C16H21NOS/c18-15(9-12-3-1-2-4-12)11-17-14-5-6-16-13(10-14)7-8-19-16/h5-8,10,12,15,17-18H,1-4,9,11H2. The van der Waals surface area contributed by atoms with Gasteiger partial charge in [0.25, 0.3) is 0 Å². The SMILES string of the molecule is OC(CNc1ccc2sccc2c1)CC1CCCC1. The molecule has 0 bridgehead atoms. The third-order valence-corrected chi connectivity index (χ3v) is 4.97. The van der Waals surface area contributed by atoms with Crippen molar-refractivity contribution in [3.05, 3.63) is 29.6 Å². The molecule has 1 heterocycles. The molecule has 1 saturated carbocycles. The first-order valence-electron chi connectivity index (χ1n) is 7.20. The van der Waals surface area contributed by atoms with Crippen molar-refractivity contribution in [2.45, 2.75) is 38.2 Å². The number of hydrogen-bond donors (Lipinski definition) is 2. The molecule has 1 aliphatic rings. The van der Waals surface area contributed by atoms with Crippen LogP contribution >= 0.6 is 11.3 Å². The summed E-state index contributed by atoms with van der Waals surface area (Å²) < 4.78 is 1.32. The van der Waals surface area contributed by atoms with E-state index in [1.807, 2.05) is 0 Å². The van der Waals surface area contributed by atoms with Crippen molar-refractivity contribution in [1.29, 1.82) is 0 Å². The van der Waals surface area contributed by atoms with Gasteiger partial charge in [0.2, 0.25) is 0 Å². The Bertz CT molecular complexity index is 530. The number of benzene rings is 1. The molecule has 0 amide bonds. The lowest BCUT2D eigenvalue weighted by atomic mass is 10.00. The van der Waals surface area contributed by atoms with Gasteiger partial charge >= 0.3 is 0 Å². The quantitative estimate of drug-likeness (QED) is 0.854. The summed E-state index contributed by atoms with van der Waals surface area (Å²) in [6.45, 7) is 0.659. The number of fused-ring (bicyclic) bond motifs is 1. The van der Waals surface area contributed by atoms with E-state index in [0.717, 1.165) is 18.0 Å². The Labute approximate surface area is 118 Å². The van der Waals surface area contributed by atoms with Gasteiger partial charge in [0.1, 0.15) is 0 Å². The zero-order chi connectivity index (χ0) is 13.1. The number of nitrogens with one attached hydrogen (secondary N) is 1. The summed E-state index contributed by atoms with van der Waals surface area (Å²) in [5.41, 5.74) is 1.11. The van der Waals surface area contributed by atoms with Crippen LogP contribution in [0.2, 0.25) is 0 Å². The number of aliphatic hydroxyl groups excluding tert-OH is 1. The Hall–Kier alpha value is -1.06. The van der Waals surface area contributed by atoms with Gasteiger partial charge in [-0.05, 0) is 47.4 Å². The van der Waals surface area contributed by atoms with Crippen LogP contribution in [0.1, 0.15) is 32.1 Å². The van der Waals surface area contributed by atoms with Crippen LogP contribution in [0.4, 0.5) is 5.69 Å². The first-order chi connectivity index (χ1) is 9.31. The lowest BCUT2D eigenvalue weighted by Crippen LogP contribution is -2.21. The molecule has 0 saturated heterocycles. The van der Waals surface area contributed by atoms with Gasteiger partial charge in [-0.25, -0.2) is 0 Å². The molecular weight excluding hydrogens is 254 g/mol. The highest BCUT2D eigenvalue weighted by molar-refractivity contribution is 7.17. The van der Waals surface area contributed by atoms with Crippen LogP contribution in [-0.2, 0) is 0 Å². The van der Waals surface area contributed by atoms with E-state index in [4.69, 9.17) is 0 Å². The topological polar surface area (TPSA) is 32.3 Å². The van der Waals surface area contributed by atoms with Crippen molar-refractivity contribution < 1.29 is 5.11 Å². The fourth-order valence-electron chi connectivity index (χ4n) is 3.03. The minimum atomic E-state index is -0.221. The van der Waals surface area contributed by atoms with Crippen LogP contribution in [0.3, 0.4) is 0 Å². The van der Waals surface area contributed by atoms with E-state index < -0.39 is 0 Å². The van der Waals surface area contributed by atoms with Crippen molar-refractivity contribution in [2.75, 3.05) is 11.9 Å². The predicted molar refractivity (Wildman–Crippen MR) is 82.9 cm³/mol. The van der Waals surface area contributed by atoms with Crippen molar-refractivity contribution in [2.24, 2.45) is 5.92 Å². The van der Waals surface area contributed by atoms with Crippen molar-refractivity contribution in [3.63, 3.8) is 0 Å². The first-order valence-corrected chi connectivity index (χ1v) is 8.08. The largest absolute Gasteiger partial charge is 0.391 e. The first kappa shape index (κ1) is 12.9. The molecule has 0 aliphatic heterocycles. The number of aliphatic hydroxyl groups is 1. The van der Waals surface area contributed by atoms with Crippen molar-refractivity contribution >= 4 is 27.1 Å². The normalized spacial score (nSPS) is 17.9. The molecule has 1 aliphatic carbocycles. The number of hydrogen-bond acceptors (Lipinski definition) is 3. The average Bonchev–Trinajstić information content (AvgIpc) is 3.06. The molecule has 3 rings (SSSR count). The lowest BCUT2D eigenvalue weighted by molar-refractivity contribution is 0.155. The maximum Gasteiger partial charge on any atom is 0.0715 e. The molecule has 0 radical (unpaired) electrons. The Morgan fingerprint density at radius 2 is 2.11 bits per heavy atom. The molecular formula is C16H21NOS. The molecule has 102 valence electrons. The van der Waals surface area contributed by atoms with Gasteiger partial charge in [-0.15, -0.1) is 11.3 Å². The molecule has 1 aromatic heterocycles. The molecule has 3 heteroatoms. The molecule has 1 aromatic carbocycles. The minimum absolute atomic E-state index is 0.221. The third kappa shape index (κ3) is 3.28. The van der Waals surface area contributed by atoms with Crippen LogP contribution in [0.5, 0.6) is 0 Å². The molecule has 2 nitrogen and oxygen atoms in total. The van der Waals surface area contributed by atoms with Gasteiger partial charge in [-0.3, -0.25) is 0 Å². The summed E-state index contributed by atoms with van der Waals surface area (Å²) in [6.07, 6.45) is 6.03. The zero-order valence-electron chi connectivity index (χ0n) is 11.1. The fraction of sp³-hybridized carbons (Fsp3) is 0.500. The van der Waals surface area contributed by atoms with Gasteiger partial charge < -0.3 is 10.4 Å². The Kier molecular flexibility index (Phi) is 4.04. The highest BCUT2D eigenvalue weighted by Crippen LogP contribution is 2.29. The maximum absolute atomic E-state index is 10.1. The van der Waals surface area contributed by atoms with Crippen LogP contribution in [0, 0.1) is 5.92 Å². The Morgan fingerprint density at radius 1 is 1.26 bits per heavy atom. The summed E-state index contributed by atoms with van der Waals surface area (Å²) in [5.74, 6) is 0.746. The summed E-state index contributed by atoms with van der Waals surface area (Å²) in [4.78, 5) is 0. The number of thiophene rings is 1. The predicted octanol–water partition coefficient (Wildman–Crippen LogP) is 4.25. The molecule has 1 unspecified atom stereocenters. The van der Waals surface area contributed by atoms with Gasteiger partial charge in [-0.2, -0.15) is 0 Å². The van der Waals surface area contributed by atoms with Crippen LogP contribution in [-0.4, -0.2) is 17.8 Å². The molecule has 0 spiro atoms. The highest BCUT2D eigenvalue weighted by atomic mass is 32.1. The van der Waals surface area contributed by atoms with Gasteiger partial charge in [-0.1, -0.05) is 25.7 Å². The molecule has 1 atom stereocenters. The number of anilines is 1.